The monoisotopic (exact) mass is 714 g/mol. The van der Waals surface area contributed by atoms with Crippen molar-refractivity contribution in [1.29, 1.82) is 0 Å². The van der Waals surface area contributed by atoms with Crippen molar-refractivity contribution in [3.8, 4) is 56.4 Å². The predicted molar refractivity (Wildman–Crippen MR) is 232 cm³/mol. The van der Waals surface area contributed by atoms with Gasteiger partial charge < -0.3 is 4.57 Å². The van der Waals surface area contributed by atoms with Crippen LogP contribution in [0.25, 0.3) is 100 Å². The lowest BCUT2D eigenvalue weighted by molar-refractivity contribution is 1.05. The molecule has 56 heavy (non-hydrogen) atoms. The molecule has 0 atom stereocenters. The van der Waals surface area contributed by atoms with E-state index in [1.54, 1.807) is 0 Å². The summed E-state index contributed by atoms with van der Waals surface area (Å²) in [4.78, 5) is 10.6. The topological polar surface area (TPSA) is 35.6 Å². The Balaban J connectivity index is 1.11. The standard InChI is InChI=1S/C52H34N4/c1-4-15-35(16-5-1)39-19-14-20-40(33-39)36-27-29-38(30-28-36)52-53-44(37-17-6-2-7-18-37)34-49(54-52)56-46-26-13-11-24-43(46)51-48(56)32-31-47-50(51)42-23-10-12-25-45(42)55(47)41-21-8-3-9-22-41/h1-34H. The van der Waals surface area contributed by atoms with Crippen LogP contribution >= 0.6 is 0 Å². The Hall–Kier alpha value is -7.56. The molecule has 0 aliphatic rings. The number of para-hydroxylation sites is 3. The van der Waals surface area contributed by atoms with Crippen LogP contribution in [-0.4, -0.2) is 19.1 Å². The van der Waals surface area contributed by atoms with Crippen LogP contribution in [0, 0.1) is 0 Å². The number of aromatic nitrogens is 4. The van der Waals surface area contributed by atoms with E-state index >= 15 is 0 Å². The van der Waals surface area contributed by atoms with Crippen molar-refractivity contribution >= 4 is 43.6 Å². The largest absolute Gasteiger partial charge is 0.309 e. The van der Waals surface area contributed by atoms with Gasteiger partial charge in [0.1, 0.15) is 5.82 Å². The number of hydrogen-bond acceptors (Lipinski definition) is 2. The Labute approximate surface area is 324 Å². The van der Waals surface area contributed by atoms with Crippen molar-refractivity contribution in [2.75, 3.05) is 0 Å². The molecule has 0 fully saturated rings. The zero-order valence-corrected chi connectivity index (χ0v) is 30.4. The Morgan fingerprint density at radius 3 is 1.43 bits per heavy atom. The summed E-state index contributed by atoms with van der Waals surface area (Å²) in [5, 5.41) is 4.86. The minimum absolute atomic E-state index is 0.679. The van der Waals surface area contributed by atoms with Crippen molar-refractivity contribution in [3.63, 3.8) is 0 Å². The molecular formula is C52H34N4. The van der Waals surface area contributed by atoms with Crippen molar-refractivity contribution in [1.82, 2.24) is 19.1 Å². The van der Waals surface area contributed by atoms with Crippen LogP contribution in [0.3, 0.4) is 0 Å². The lowest BCUT2D eigenvalue weighted by atomic mass is 9.98. The molecule has 8 aromatic carbocycles. The van der Waals surface area contributed by atoms with Gasteiger partial charge in [-0.05, 0) is 64.7 Å². The minimum atomic E-state index is 0.679. The SMILES string of the molecule is c1ccc(-c2cccc(-c3ccc(-c4nc(-c5ccccc5)cc(-n5c6ccccc6c6c7c8ccccc8n(-c8ccccc8)c7ccc65)n4)cc3)c2)cc1. The van der Waals surface area contributed by atoms with Gasteiger partial charge in [-0.2, -0.15) is 0 Å². The smallest absolute Gasteiger partial charge is 0.162 e. The maximum atomic E-state index is 5.37. The van der Waals surface area contributed by atoms with Gasteiger partial charge in [-0.3, -0.25) is 4.57 Å². The summed E-state index contributed by atoms with van der Waals surface area (Å²) < 4.78 is 4.70. The number of benzene rings is 8. The first kappa shape index (κ1) is 31.9. The lowest BCUT2D eigenvalue weighted by Gasteiger charge is -2.13. The average Bonchev–Trinajstić information content (AvgIpc) is 3.80. The molecule has 0 N–H and O–H groups in total. The van der Waals surface area contributed by atoms with Gasteiger partial charge in [0, 0.05) is 44.4 Å². The highest BCUT2D eigenvalue weighted by Crippen LogP contribution is 2.42. The molecule has 0 unspecified atom stereocenters. The number of hydrogen-bond donors (Lipinski definition) is 0. The molecule has 262 valence electrons. The second kappa shape index (κ2) is 13.1. The van der Waals surface area contributed by atoms with Crippen LogP contribution in [0.5, 0.6) is 0 Å². The summed E-state index contributed by atoms with van der Waals surface area (Å²) in [5.74, 6) is 1.50. The fourth-order valence-corrected chi connectivity index (χ4v) is 8.38. The van der Waals surface area contributed by atoms with E-state index in [2.05, 4.69) is 209 Å². The molecule has 0 aliphatic heterocycles. The summed E-state index contributed by atoms with van der Waals surface area (Å²) >= 11 is 0. The molecule has 0 saturated carbocycles. The summed E-state index contributed by atoms with van der Waals surface area (Å²) in [6, 6.07) is 73.1. The summed E-state index contributed by atoms with van der Waals surface area (Å²) in [5.41, 5.74) is 13.3. The third-order valence-electron chi connectivity index (χ3n) is 10.9. The van der Waals surface area contributed by atoms with Crippen LogP contribution in [0.4, 0.5) is 0 Å². The van der Waals surface area contributed by atoms with Gasteiger partial charge in [0.05, 0.1) is 27.8 Å². The first-order valence-corrected chi connectivity index (χ1v) is 19.0. The van der Waals surface area contributed by atoms with Gasteiger partial charge in [-0.15, -0.1) is 0 Å². The first-order valence-electron chi connectivity index (χ1n) is 19.0. The van der Waals surface area contributed by atoms with Crippen molar-refractivity contribution in [2.45, 2.75) is 0 Å². The second-order valence-electron chi connectivity index (χ2n) is 14.2. The van der Waals surface area contributed by atoms with E-state index in [4.69, 9.17) is 9.97 Å². The molecule has 3 aromatic heterocycles. The Kier molecular flexibility index (Phi) is 7.46. The number of fused-ring (bicyclic) bond motifs is 7. The lowest BCUT2D eigenvalue weighted by Crippen LogP contribution is -2.02. The summed E-state index contributed by atoms with van der Waals surface area (Å²) in [6.07, 6.45) is 0. The van der Waals surface area contributed by atoms with E-state index in [1.165, 1.54) is 49.3 Å². The highest BCUT2D eigenvalue weighted by Gasteiger charge is 2.22. The third kappa shape index (κ3) is 5.23. The van der Waals surface area contributed by atoms with Crippen LogP contribution in [0.2, 0.25) is 0 Å². The van der Waals surface area contributed by atoms with E-state index in [1.807, 2.05) is 6.07 Å². The van der Waals surface area contributed by atoms with Crippen LogP contribution in [0.1, 0.15) is 0 Å². The Morgan fingerprint density at radius 1 is 0.304 bits per heavy atom. The van der Waals surface area contributed by atoms with Crippen LogP contribution < -0.4 is 0 Å². The van der Waals surface area contributed by atoms with E-state index in [0.717, 1.165) is 44.9 Å². The first-order chi connectivity index (χ1) is 27.8. The molecule has 11 rings (SSSR count). The quantitative estimate of drug-likeness (QED) is 0.172. The zero-order valence-electron chi connectivity index (χ0n) is 30.4. The number of nitrogens with zero attached hydrogens (tertiary/aromatic N) is 4. The molecule has 0 saturated heterocycles. The molecule has 11 aromatic rings. The second-order valence-corrected chi connectivity index (χ2v) is 14.2. The van der Waals surface area contributed by atoms with Crippen LogP contribution in [0.15, 0.2) is 206 Å². The number of rotatable bonds is 6. The van der Waals surface area contributed by atoms with E-state index in [9.17, 15) is 0 Å². The van der Waals surface area contributed by atoms with Gasteiger partial charge in [0.15, 0.2) is 5.82 Å². The fraction of sp³-hybridized carbons (Fsp3) is 0. The molecule has 0 spiro atoms. The molecule has 0 amide bonds. The Morgan fingerprint density at radius 2 is 0.786 bits per heavy atom. The highest BCUT2D eigenvalue weighted by molar-refractivity contribution is 6.28. The molecule has 0 radical (unpaired) electrons. The van der Waals surface area contributed by atoms with Gasteiger partial charge >= 0.3 is 0 Å². The molecule has 0 bridgehead atoms. The van der Waals surface area contributed by atoms with Crippen molar-refractivity contribution < 1.29 is 0 Å². The molecule has 3 heterocycles. The molecule has 4 heteroatoms. The normalized spacial score (nSPS) is 11.6. The summed E-state index contributed by atoms with van der Waals surface area (Å²) in [6.45, 7) is 0. The van der Waals surface area contributed by atoms with Crippen LogP contribution in [-0.2, 0) is 0 Å². The summed E-state index contributed by atoms with van der Waals surface area (Å²) in [7, 11) is 0. The molecule has 0 aliphatic carbocycles. The van der Waals surface area contributed by atoms with E-state index in [0.29, 0.717) is 5.82 Å². The molecule has 4 nitrogen and oxygen atoms in total. The van der Waals surface area contributed by atoms with Gasteiger partial charge in [0.25, 0.3) is 0 Å². The van der Waals surface area contributed by atoms with Gasteiger partial charge in [-0.25, -0.2) is 9.97 Å². The Bertz CT molecular complexity index is 3220. The highest BCUT2D eigenvalue weighted by atomic mass is 15.1. The average molecular weight is 715 g/mol. The maximum absolute atomic E-state index is 5.37. The van der Waals surface area contributed by atoms with Gasteiger partial charge in [0.2, 0.25) is 0 Å². The minimum Gasteiger partial charge on any atom is -0.309 e. The predicted octanol–water partition coefficient (Wildman–Crippen LogP) is 13.3. The van der Waals surface area contributed by atoms with E-state index in [-0.39, 0.29) is 0 Å². The van der Waals surface area contributed by atoms with E-state index < -0.39 is 0 Å². The molecular weight excluding hydrogens is 681 g/mol. The van der Waals surface area contributed by atoms with Gasteiger partial charge in [-0.1, -0.05) is 158 Å². The van der Waals surface area contributed by atoms with Crippen molar-refractivity contribution in [3.05, 3.63) is 206 Å². The third-order valence-corrected chi connectivity index (χ3v) is 10.9. The zero-order chi connectivity index (χ0) is 37.0. The van der Waals surface area contributed by atoms with Crippen molar-refractivity contribution in [2.24, 2.45) is 0 Å². The maximum Gasteiger partial charge on any atom is 0.162 e. The fourth-order valence-electron chi connectivity index (χ4n) is 8.38.